The largest absolute Gasteiger partial charge is 0.495 e. The van der Waals surface area contributed by atoms with Gasteiger partial charge in [-0.2, -0.15) is 0 Å². The van der Waals surface area contributed by atoms with Crippen molar-refractivity contribution in [1.29, 1.82) is 0 Å². The van der Waals surface area contributed by atoms with Gasteiger partial charge in [-0.05, 0) is 6.07 Å². The van der Waals surface area contributed by atoms with E-state index in [9.17, 15) is 8.42 Å². The summed E-state index contributed by atoms with van der Waals surface area (Å²) >= 11 is 11.9. The fourth-order valence-electron chi connectivity index (χ4n) is 1.52. The molecule has 0 bridgehead atoms. The van der Waals surface area contributed by atoms with Gasteiger partial charge in [0.25, 0.3) is 0 Å². The van der Waals surface area contributed by atoms with Crippen LogP contribution in [0.1, 0.15) is 0 Å². The van der Waals surface area contributed by atoms with E-state index in [2.05, 4.69) is 10.0 Å². The van der Waals surface area contributed by atoms with Crippen LogP contribution in [0.5, 0.6) is 5.75 Å². The number of hydrogen-bond donors (Lipinski definition) is 2. The first-order valence-electron chi connectivity index (χ1n) is 6.14. The molecule has 9 heteroatoms. The molecule has 0 aliphatic heterocycles. The lowest BCUT2D eigenvalue weighted by molar-refractivity contribution is 0.199. The zero-order valence-electron chi connectivity index (χ0n) is 11.8. The third-order valence-corrected chi connectivity index (χ3v) is 4.79. The first-order valence-corrected chi connectivity index (χ1v) is 8.38. The third kappa shape index (κ3) is 5.61. The predicted molar refractivity (Wildman–Crippen MR) is 82.9 cm³/mol. The van der Waals surface area contributed by atoms with Crippen LogP contribution in [0.3, 0.4) is 0 Å². The Kier molecular flexibility index (Phi) is 7.72. The monoisotopic (exact) mass is 356 g/mol. The first kappa shape index (κ1) is 18.5. The van der Waals surface area contributed by atoms with Gasteiger partial charge in [-0.15, -0.1) is 0 Å². The maximum Gasteiger partial charge on any atom is 0.242 e. The number of methoxy groups -OCH3 is 2. The molecule has 2 N–H and O–H groups in total. The van der Waals surface area contributed by atoms with Crippen molar-refractivity contribution in [3.63, 3.8) is 0 Å². The zero-order valence-corrected chi connectivity index (χ0v) is 14.1. The molecule has 0 aliphatic carbocycles. The van der Waals surface area contributed by atoms with E-state index in [1.807, 2.05) is 0 Å². The Balaban J connectivity index is 2.68. The smallest absolute Gasteiger partial charge is 0.242 e. The van der Waals surface area contributed by atoms with E-state index in [1.165, 1.54) is 19.2 Å². The second kappa shape index (κ2) is 8.77. The summed E-state index contributed by atoms with van der Waals surface area (Å²) in [5.74, 6) is 0.321. The van der Waals surface area contributed by atoms with Gasteiger partial charge in [-0.1, -0.05) is 23.2 Å². The van der Waals surface area contributed by atoms with Gasteiger partial charge in [-0.3, -0.25) is 0 Å². The predicted octanol–water partition coefficient (Wildman–Crippen LogP) is 1.52. The summed E-state index contributed by atoms with van der Waals surface area (Å²) in [6.45, 7) is 1.91. The van der Waals surface area contributed by atoms with Crippen LogP contribution in [0.4, 0.5) is 0 Å². The van der Waals surface area contributed by atoms with Crippen molar-refractivity contribution in [2.24, 2.45) is 0 Å². The van der Waals surface area contributed by atoms with Crippen molar-refractivity contribution in [2.75, 3.05) is 40.5 Å². The van der Waals surface area contributed by atoms with Gasteiger partial charge in [0.2, 0.25) is 10.0 Å². The molecule has 1 rings (SSSR count). The lowest BCUT2D eigenvalue weighted by Crippen LogP contribution is -2.33. The van der Waals surface area contributed by atoms with Gasteiger partial charge in [0.1, 0.15) is 10.6 Å². The molecular weight excluding hydrogens is 339 g/mol. The fraction of sp³-hybridized carbons (Fsp3) is 0.500. The quantitative estimate of drug-likeness (QED) is 0.656. The highest BCUT2D eigenvalue weighted by Crippen LogP contribution is 2.33. The van der Waals surface area contributed by atoms with E-state index in [1.54, 1.807) is 7.11 Å². The average Bonchev–Trinajstić information content (AvgIpc) is 2.44. The van der Waals surface area contributed by atoms with Crippen molar-refractivity contribution < 1.29 is 17.9 Å². The molecule has 0 aliphatic rings. The number of sulfonamides is 1. The number of halogens is 2. The molecule has 0 heterocycles. The number of ether oxygens (including phenoxy) is 2. The summed E-state index contributed by atoms with van der Waals surface area (Å²) in [6, 6.07) is 2.64. The summed E-state index contributed by atoms with van der Waals surface area (Å²) in [6.07, 6.45) is 0. The minimum absolute atomic E-state index is 0.0519. The van der Waals surface area contributed by atoms with Crippen molar-refractivity contribution in [3.05, 3.63) is 22.2 Å². The lowest BCUT2D eigenvalue weighted by Gasteiger charge is -2.11. The fourth-order valence-corrected chi connectivity index (χ4v) is 3.40. The maximum atomic E-state index is 12.1. The Hall–Kier alpha value is -0.570. The molecule has 21 heavy (non-hydrogen) atoms. The highest BCUT2D eigenvalue weighted by atomic mass is 35.5. The van der Waals surface area contributed by atoms with E-state index in [-0.39, 0.29) is 21.5 Å². The highest BCUT2D eigenvalue weighted by molar-refractivity contribution is 7.89. The van der Waals surface area contributed by atoms with Crippen molar-refractivity contribution in [1.82, 2.24) is 10.0 Å². The van der Waals surface area contributed by atoms with Crippen LogP contribution in [0.15, 0.2) is 17.0 Å². The van der Waals surface area contributed by atoms with E-state index >= 15 is 0 Å². The molecule has 0 atom stereocenters. The Morgan fingerprint density at radius 1 is 1.10 bits per heavy atom. The Labute approximate surface area is 134 Å². The SMILES string of the molecule is COCCNCCNS(=O)(=O)c1cc(Cl)c(OC)cc1Cl. The van der Waals surface area contributed by atoms with Crippen LogP contribution >= 0.6 is 23.2 Å². The highest BCUT2D eigenvalue weighted by Gasteiger charge is 2.20. The minimum Gasteiger partial charge on any atom is -0.495 e. The second-order valence-electron chi connectivity index (χ2n) is 4.06. The van der Waals surface area contributed by atoms with Gasteiger partial charge in [0.05, 0.1) is 23.8 Å². The third-order valence-electron chi connectivity index (χ3n) is 2.57. The van der Waals surface area contributed by atoms with Gasteiger partial charge < -0.3 is 14.8 Å². The molecule has 120 valence electrons. The normalized spacial score (nSPS) is 11.6. The number of hydrogen-bond acceptors (Lipinski definition) is 5. The molecule has 1 aromatic carbocycles. The molecule has 0 unspecified atom stereocenters. The van der Waals surface area contributed by atoms with Gasteiger partial charge in [0, 0.05) is 32.8 Å². The van der Waals surface area contributed by atoms with Crippen LogP contribution in [0, 0.1) is 0 Å². The molecular formula is C12H18Cl2N2O4S. The summed E-state index contributed by atoms with van der Waals surface area (Å²) in [5.41, 5.74) is 0. The first-order chi connectivity index (χ1) is 9.92. The summed E-state index contributed by atoms with van der Waals surface area (Å²) in [7, 11) is -0.701. The molecule has 0 saturated heterocycles. The van der Waals surface area contributed by atoms with E-state index in [4.69, 9.17) is 32.7 Å². The van der Waals surface area contributed by atoms with Crippen molar-refractivity contribution >= 4 is 33.2 Å². The molecule has 1 aromatic rings. The maximum absolute atomic E-state index is 12.1. The second-order valence-corrected chi connectivity index (χ2v) is 6.61. The van der Waals surface area contributed by atoms with E-state index < -0.39 is 10.0 Å². The van der Waals surface area contributed by atoms with E-state index in [0.29, 0.717) is 25.4 Å². The lowest BCUT2D eigenvalue weighted by atomic mass is 10.3. The standard InChI is InChI=1S/C12H18Cl2N2O4S/c1-19-6-5-15-3-4-16-21(17,18)12-8-9(13)11(20-2)7-10(12)14/h7-8,15-16H,3-6H2,1-2H3. The van der Waals surface area contributed by atoms with Gasteiger partial charge >= 0.3 is 0 Å². The molecule has 0 spiro atoms. The Bertz CT molecular complexity index is 567. The van der Waals surface area contributed by atoms with Crippen LogP contribution in [0.2, 0.25) is 10.0 Å². The summed E-state index contributed by atoms with van der Waals surface area (Å²) in [5, 5.41) is 3.26. The average molecular weight is 357 g/mol. The Morgan fingerprint density at radius 3 is 2.43 bits per heavy atom. The number of nitrogens with one attached hydrogen (secondary N) is 2. The van der Waals surface area contributed by atoms with Gasteiger partial charge in [-0.25, -0.2) is 13.1 Å². The van der Waals surface area contributed by atoms with E-state index in [0.717, 1.165) is 0 Å². The summed E-state index contributed by atoms with van der Waals surface area (Å²) < 4.78 is 36.6. The Morgan fingerprint density at radius 2 is 1.81 bits per heavy atom. The van der Waals surface area contributed by atoms with Crippen LogP contribution in [0.25, 0.3) is 0 Å². The topological polar surface area (TPSA) is 76.7 Å². The molecule has 0 saturated carbocycles. The number of benzene rings is 1. The molecule has 0 amide bonds. The molecule has 0 aromatic heterocycles. The molecule has 0 fully saturated rings. The van der Waals surface area contributed by atoms with Crippen LogP contribution in [-0.2, 0) is 14.8 Å². The zero-order chi connectivity index (χ0) is 15.9. The van der Waals surface area contributed by atoms with Crippen molar-refractivity contribution in [3.8, 4) is 5.75 Å². The summed E-state index contributed by atoms with van der Waals surface area (Å²) in [4.78, 5) is -0.0770. The number of rotatable bonds is 9. The molecule has 6 nitrogen and oxygen atoms in total. The van der Waals surface area contributed by atoms with Crippen molar-refractivity contribution in [2.45, 2.75) is 4.90 Å². The van der Waals surface area contributed by atoms with Gasteiger partial charge in [0.15, 0.2) is 0 Å². The van der Waals surface area contributed by atoms with Crippen LogP contribution < -0.4 is 14.8 Å². The van der Waals surface area contributed by atoms with Crippen LogP contribution in [-0.4, -0.2) is 48.9 Å². The molecule has 0 radical (unpaired) electrons. The minimum atomic E-state index is -3.72.